The second-order valence-electron chi connectivity index (χ2n) is 9.76. The first kappa shape index (κ1) is 34.9. The maximum Gasteiger partial charge on any atom is 0.353 e. The summed E-state index contributed by atoms with van der Waals surface area (Å²) in [5.41, 5.74) is 11.0. The molecule has 246 valence electrons. The number of β-lactam (4-membered cyclic amide) rings is 1. The van der Waals surface area contributed by atoms with E-state index in [2.05, 4.69) is 35.4 Å². The lowest BCUT2D eigenvalue weighted by molar-refractivity contribution is -0.150. The van der Waals surface area contributed by atoms with Crippen molar-refractivity contribution in [3.8, 4) is 0 Å². The zero-order chi connectivity index (χ0) is 33.5. The van der Waals surface area contributed by atoms with E-state index in [4.69, 9.17) is 11.5 Å². The van der Waals surface area contributed by atoms with E-state index in [0.717, 1.165) is 16.4 Å². The Kier molecular flexibility index (Phi) is 11.8. The monoisotopic (exact) mass is 710 g/mol. The lowest BCUT2D eigenvalue weighted by Crippen LogP contribution is -2.71. The molecule has 2 unspecified atom stereocenters. The van der Waals surface area contributed by atoms with Crippen molar-refractivity contribution in [3.63, 3.8) is 0 Å². The standard InChI is InChI=1S/C25H30N10O7S4/c1-10(26)19(36)30-11(2)20(37)29-6-7-43-8-12-13(4-3-5-28-12)45-14-9-44-23-16(22(39)35(23)17(14)24(40)41)31-21(38)15(33-42)18-32-25(27)46-34-18/h3-5,10-11,16,23,42H,6-9,26H2,1-2H3,(H,29,37)(H,30,36)(H,31,38)(H,40,41)(H2,27,32,34)/b33-15-/t10-,11-,16?,23?/m0/s1. The summed E-state index contributed by atoms with van der Waals surface area (Å²) >= 11 is 4.76. The van der Waals surface area contributed by atoms with Gasteiger partial charge in [0.15, 0.2) is 5.13 Å². The molecule has 0 spiro atoms. The Morgan fingerprint density at radius 1 is 1.26 bits per heavy atom. The SMILES string of the molecule is C[C@H](N)C(=O)N[C@@H](C)C(=O)NCCSCc1ncccc1SC1=C(C(=O)O)N2C(=O)C(NC(=O)/C(=N\O)c3nsc(N)n3)C2SC1. The van der Waals surface area contributed by atoms with Crippen LogP contribution in [0.4, 0.5) is 5.13 Å². The minimum atomic E-state index is -1.30. The number of anilines is 1. The molecule has 46 heavy (non-hydrogen) atoms. The number of carbonyl (C=O) groups is 5. The number of thioether (sulfide) groups is 3. The molecule has 17 nitrogen and oxygen atoms in total. The Balaban J connectivity index is 1.36. The molecule has 0 aromatic carbocycles. The van der Waals surface area contributed by atoms with Crippen LogP contribution in [-0.2, 0) is 29.7 Å². The molecule has 9 N–H and O–H groups in total. The van der Waals surface area contributed by atoms with Gasteiger partial charge in [-0.3, -0.25) is 29.1 Å². The summed E-state index contributed by atoms with van der Waals surface area (Å²) in [5, 5.41) is 29.4. The quantitative estimate of drug-likeness (QED) is 0.0423. The smallest absolute Gasteiger partial charge is 0.353 e. The number of hydrogen-bond acceptors (Lipinski definition) is 16. The zero-order valence-electron chi connectivity index (χ0n) is 24.3. The van der Waals surface area contributed by atoms with Gasteiger partial charge in [-0.2, -0.15) is 21.1 Å². The summed E-state index contributed by atoms with van der Waals surface area (Å²) in [7, 11) is 0. The minimum absolute atomic E-state index is 0.0503. The molecule has 4 atom stereocenters. The van der Waals surface area contributed by atoms with Crippen LogP contribution < -0.4 is 27.4 Å². The van der Waals surface area contributed by atoms with Crippen molar-refractivity contribution in [2.45, 2.75) is 48.0 Å². The van der Waals surface area contributed by atoms with Crippen molar-refractivity contribution in [1.29, 1.82) is 0 Å². The number of nitrogens with two attached hydrogens (primary N) is 2. The number of carbonyl (C=O) groups excluding carboxylic acids is 4. The normalized spacial score (nSPS) is 19.1. The average molecular weight is 711 g/mol. The highest BCUT2D eigenvalue weighted by atomic mass is 32.2. The summed E-state index contributed by atoms with van der Waals surface area (Å²) in [6, 6.07) is 1.000. The van der Waals surface area contributed by atoms with Gasteiger partial charge in [-0.05, 0) is 26.0 Å². The van der Waals surface area contributed by atoms with Crippen molar-refractivity contribution in [2.75, 3.05) is 23.8 Å². The fraction of sp³-hybridized carbons (Fsp3) is 0.400. The summed E-state index contributed by atoms with van der Waals surface area (Å²) in [6.07, 6.45) is 1.62. The number of nitrogen functional groups attached to an aromatic ring is 1. The molecule has 0 saturated carbocycles. The zero-order valence-corrected chi connectivity index (χ0v) is 27.6. The molecule has 2 aliphatic heterocycles. The number of hydrogen-bond donors (Lipinski definition) is 7. The molecule has 4 rings (SSSR count). The molecule has 2 aliphatic rings. The lowest BCUT2D eigenvalue weighted by Gasteiger charge is -2.49. The van der Waals surface area contributed by atoms with Crippen molar-refractivity contribution in [2.24, 2.45) is 10.9 Å². The number of nitrogens with zero attached hydrogens (tertiary/aromatic N) is 5. The lowest BCUT2D eigenvalue weighted by atomic mass is 10.0. The number of nitrogens with one attached hydrogen (secondary N) is 3. The predicted molar refractivity (Wildman–Crippen MR) is 173 cm³/mol. The van der Waals surface area contributed by atoms with Crippen LogP contribution in [0.25, 0.3) is 0 Å². The van der Waals surface area contributed by atoms with Gasteiger partial charge in [0.1, 0.15) is 23.2 Å². The van der Waals surface area contributed by atoms with E-state index >= 15 is 0 Å². The van der Waals surface area contributed by atoms with Crippen LogP contribution in [0.15, 0.2) is 39.0 Å². The van der Waals surface area contributed by atoms with Crippen molar-refractivity contribution in [3.05, 3.63) is 40.5 Å². The fourth-order valence-corrected chi connectivity index (χ4v) is 8.05. The van der Waals surface area contributed by atoms with E-state index in [1.807, 2.05) is 0 Å². The fourth-order valence-electron chi connectivity index (χ4n) is 4.14. The molecule has 0 radical (unpaired) electrons. The molecule has 2 aromatic heterocycles. The van der Waals surface area contributed by atoms with Gasteiger partial charge in [0.25, 0.3) is 11.8 Å². The number of aromatic nitrogens is 3. The van der Waals surface area contributed by atoms with Gasteiger partial charge >= 0.3 is 5.97 Å². The summed E-state index contributed by atoms with van der Waals surface area (Å²) < 4.78 is 3.83. The summed E-state index contributed by atoms with van der Waals surface area (Å²) in [5.74, 6) is -2.57. The van der Waals surface area contributed by atoms with Gasteiger partial charge < -0.3 is 37.7 Å². The number of carboxylic acids is 1. The van der Waals surface area contributed by atoms with E-state index in [1.165, 1.54) is 42.2 Å². The number of amides is 4. The van der Waals surface area contributed by atoms with E-state index in [9.17, 15) is 34.3 Å². The van der Waals surface area contributed by atoms with Crippen LogP contribution in [-0.4, -0.2) is 106 Å². The second kappa shape index (κ2) is 15.6. The molecule has 21 heteroatoms. The molecule has 1 fully saturated rings. The van der Waals surface area contributed by atoms with Gasteiger partial charge in [0.05, 0.1) is 11.7 Å². The van der Waals surface area contributed by atoms with E-state index in [0.29, 0.717) is 33.5 Å². The molecule has 1 saturated heterocycles. The Morgan fingerprint density at radius 2 is 2.02 bits per heavy atom. The maximum atomic E-state index is 13.1. The molecule has 4 heterocycles. The first-order chi connectivity index (χ1) is 21.9. The van der Waals surface area contributed by atoms with E-state index < -0.39 is 52.9 Å². The van der Waals surface area contributed by atoms with Gasteiger partial charge in [0, 0.05) is 51.3 Å². The third-order valence-electron chi connectivity index (χ3n) is 6.42. The number of oxime groups is 1. The predicted octanol–water partition coefficient (Wildman–Crippen LogP) is -0.617. The Morgan fingerprint density at radius 3 is 2.67 bits per heavy atom. The number of carboxylic acid groups (broad SMARTS) is 1. The topological polar surface area (TPSA) is 268 Å². The van der Waals surface area contributed by atoms with Crippen LogP contribution in [0.1, 0.15) is 25.4 Å². The Hall–Kier alpha value is -3.92. The van der Waals surface area contributed by atoms with Crippen LogP contribution in [0.3, 0.4) is 0 Å². The van der Waals surface area contributed by atoms with Crippen LogP contribution >= 0.6 is 46.8 Å². The van der Waals surface area contributed by atoms with Gasteiger partial charge in [-0.1, -0.05) is 16.9 Å². The maximum absolute atomic E-state index is 13.1. The highest BCUT2D eigenvalue weighted by molar-refractivity contribution is 8.06. The van der Waals surface area contributed by atoms with E-state index in [-0.39, 0.29) is 28.3 Å². The van der Waals surface area contributed by atoms with Crippen molar-refractivity contribution in [1.82, 2.24) is 35.2 Å². The third-order valence-corrected chi connectivity index (χ3v) is 10.6. The average Bonchev–Trinajstić information content (AvgIpc) is 3.45. The molecular formula is C25H30N10O7S4. The number of pyridine rings is 1. The molecular weight excluding hydrogens is 681 g/mol. The number of rotatable bonds is 14. The third kappa shape index (κ3) is 8.07. The minimum Gasteiger partial charge on any atom is -0.477 e. The largest absolute Gasteiger partial charge is 0.477 e. The van der Waals surface area contributed by atoms with Crippen LogP contribution in [0.5, 0.6) is 0 Å². The van der Waals surface area contributed by atoms with Crippen LogP contribution in [0, 0.1) is 0 Å². The van der Waals surface area contributed by atoms with Crippen LogP contribution in [0.2, 0.25) is 0 Å². The number of fused-ring (bicyclic) bond motifs is 1. The van der Waals surface area contributed by atoms with E-state index in [1.54, 1.807) is 25.3 Å². The highest BCUT2D eigenvalue weighted by Gasteiger charge is 2.54. The Labute approximate surface area is 279 Å². The van der Waals surface area contributed by atoms with Gasteiger partial charge in [-0.25, -0.2) is 4.79 Å². The molecule has 4 amide bonds. The molecule has 2 aromatic rings. The number of aliphatic carboxylic acids is 1. The van der Waals surface area contributed by atoms with Gasteiger partial charge in [-0.15, -0.1) is 11.8 Å². The second-order valence-corrected chi connectivity index (χ2v) is 13.9. The molecule has 0 bridgehead atoms. The Bertz CT molecular complexity index is 1580. The van der Waals surface area contributed by atoms with Gasteiger partial charge in [0.2, 0.25) is 23.4 Å². The first-order valence-corrected chi connectivity index (χ1v) is 17.3. The summed E-state index contributed by atoms with van der Waals surface area (Å²) in [4.78, 5) is 72.6. The first-order valence-electron chi connectivity index (χ1n) is 13.5. The van der Waals surface area contributed by atoms with Crippen molar-refractivity contribution >= 4 is 87.3 Å². The molecule has 0 aliphatic carbocycles. The summed E-state index contributed by atoms with van der Waals surface area (Å²) in [6.45, 7) is 3.44. The van der Waals surface area contributed by atoms with Crippen molar-refractivity contribution < 1.29 is 34.3 Å². The highest BCUT2D eigenvalue weighted by Crippen LogP contribution is 2.45.